The van der Waals surface area contributed by atoms with Gasteiger partial charge in [-0.1, -0.05) is 35.4 Å². The first-order valence-corrected chi connectivity index (χ1v) is 9.47. The zero-order valence-electron chi connectivity index (χ0n) is 17.1. The van der Waals surface area contributed by atoms with Crippen molar-refractivity contribution in [1.82, 2.24) is 4.57 Å². The van der Waals surface area contributed by atoms with Crippen LogP contribution in [0.1, 0.15) is 38.8 Å². The van der Waals surface area contributed by atoms with Crippen LogP contribution in [0.25, 0.3) is 21.8 Å². The van der Waals surface area contributed by atoms with E-state index < -0.39 is 0 Å². The number of hydrogen-bond acceptors (Lipinski definition) is 3. The number of rotatable bonds is 4. The highest BCUT2D eigenvalue weighted by Crippen LogP contribution is 2.40. The van der Waals surface area contributed by atoms with Crippen molar-refractivity contribution in [3.63, 3.8) is 0 Å². The van der Waals surface area contributed by atoms with Gasteiger partial charge in [-0.3, -0.25) is 4.79 Å². The molecule has 4 nitrogen and oxygen atoms in total. The average molecular weight is 377 g/mol. The van der Waals surface area contributed by atoms with Gasteiger partial charge in [0.25, 0.3) is 0 Å². The summed E-state index contributed by atoms with van der Waals surface area (Å²) in [7, 11) is 1.87. The predicted octanol–water partition coefficient (Wildman–Crippen LogP) is 5.12. The molecule has 2 aromatic carbocycles. The molecule has 3 aromatic rings. The van der Waals surface area contributed by atoms with Gasteiger partial charge in [0.15, 0.2) is 0 Å². The van der Waals surface area contributed by atoms with Crippen molar-refractivity contribution in [3.05, 3.63) is 68.9 Å². The Balaban J connectivity index is 2.53. The number of allylic oxidation sites excluding steroid dienone is 4. The Morgan fingerprint density at radius 3 is 2.11 bits per heavy atom. The fraction of sp³-hybridized carbons (Fsp3) is 0.292. The molecule has 28 heavy (non-hydrogen) atoms. The maximum Gasteiger partial charge on any atom is 0.200 e. The lowest BCUT2D eigenvalue weighted by atomic mass is 9.95. The lowest BCUT2D eigenvalue weighted by molar-refractivity contribution is 0.441. The molecule has 4 heteroatoms. The molecule has 0 saturated heterocycles. The summed E-state index contributed by atoms with van der Waals surface area (Å²) in [5.41, 5.74) is 4.41. The van der Waals surface area contributed by atoms with Crippen LogP contribution in [0.3, 0.4) is 0 Å². The van der Waals surface area contributed by atoms with E-state index in [1.54, 1.807) is 6.07 Å². The monoisotopic (exact) mass is 377 g/mol. The standard InChI is InChI=1S/C24H27NO3/c1-14(2)10-12-17-21-20(24(28)18(22(17)26)13-11-15(3)4)23(27)16-8-6-7-9-19(16)25(21)5/h6-11,26,28H,12-13H2,1-5H3. The van der Waals surface area contributed by atoms with Crippen molar-refractivity contribution in [1.29, 1.82) is 0 Å². The number of aryl methyl sites for hydroxylation is 1. The van der Waals surface area contributed by atoms with Gasteiger partial charge in [-0.05, 0) is 52.7 Å². The number of aromatic nitrogens is 1. The molecule has 1 aromatic heterocycles. The van der Waals surface area contributed by atoms with E-state index >= 15 is 0 Å². The molecule has 0 bridgehead atoms. The fourth-order valence-corrected chi connectivity index (χ4v) is 3.62. The molecular weight excluding hydrogens is 350 g/mol. The van der Waals surface area contributed by atoms with Crippen LogP contribution in [0, 0.1) is 0 Å². The first-order chi connectivity index (χ1) is 13.2. The lowest BCUT2D eigenvalue weighted by Crippen LogP contribution is -2.12. The highest BCUT2D eigenvalue weighted by atomic mass is 16.3. The van der Waals surface area contributed by atoms with Crippen molar-refractivity contribution >= 4 is 21.8 Å². The molecular formula is C24H27NO3. The van der Waals surface area contributed by atoms with Gasteiger partial charge in [0.1, 0.15) is 11.5 Å². The van der Waals surface area contributed by atoms with E-state index in [0.717, 1.165) is 16.7 Å². The van der Waals surface area contributed by atoms with E-state index in [-0.39, 0.29) is 22.3 Å². The van der Waals surface area contributed by atoms with Crippen LogP contribution in [0.4, 0.5) is 0 Å². The van der Waals surface area contributed by atoms with Crippen LogP contribution in [-0.2, 0) is 19.9 Å². The van der Waals surface area contributed by atoms with Gasteiger partial charge >= 0.3 is 0 Å². The number of phenolic OH excluding ortho intramolecular Hbond substituents is 2. The van der Waals surface area contributed by atoms with E-state index in [2.05, 4.69) is 0 Å². The van der Waals surface area contributed by atoms with Gasteiger partial charge < -0.3 is 14.8 Å². The number of phenols is 2. The second-order valence-electron chi connectivity index (χ2n) is 7.75. The molecule has 0 amide bonds. The molecule has 0 aliphatic heterocycles. The van der Waals surface area contributed by atoms with Gasteiger partial charge in [-0.25, -0.2) is 0 Å². The smallest absolute Gasteiger partial charge is 0.200 e. The topological polar surface area (TPSA) is 62.5 Å². The summed E-state index contributed by atoms with van der Waals surface area (Å²) < 4.78 is 1.89. The SMILES string of the molecule is CC(C)=CCc1c(O)c(CC=C(C)C)c2c(c1O)c(=O)c1ccccc1n2C. The third kappa shape index (κ3) is 3.31. The Kier molecular flexibility index (Phi) is 5.32. The van der Waals surface area contributed by atoms with Crippen LogP contribution in [0.5, 0.6) is 11.5 Å². The number of pyridine rings is 1. The third-order valence-corrected chi connectivity index (χ3v) is 5.12. The Bertz CT molecular complexity index is 1190. The van der Waals surface area contributed by atoms with Crippen LogP contribution in [0.2, 0.25) is 0 Å². The summed E-state index contributed by atoms with van der Waals surface area (Å²) in [5, 5.41) is 22.9. The van der Waals surface area contributed by atoms with Crippen LogP contribution in [-0.4, -0.2) is 14.8 Å². The van der Waals surface area contributed by atoms with E-state index in [0.29, 0.717) is 34.9 Å². The molecule has 0 unspecified atom stereocenters. The maximum atomic E-state index is 13.3. The number of fused-ring (bicyclic) bond motifs is 2. The van der Waals surface area contributed by atoms with Crippen molar-refractivity contribution < 1.29 is 10.2 Å². The van der Waals surface area contributed by atoms with Crippen molar-refractivity contribution in [3.8, 4) is 11.5 Å². The highest BCUT2D eigenvalue weighted by Gasteiger charge is 2.23. The summed E-state index contributed by atoms with van der Waals surface area (Å²) in [6, 6.07) is 7.36. The summed E-state index contributed by atoms with van der Waals surface area (Å²) in [5.74, 6) is -0.0671. The first-order valence-electron chi connectivity index (χ1n) is 9.47. The normalized spacial score (nSPS) is 11.0. The van der Waals surface area contributed by atoms with E-state index in [9.17, 15) is 15.0 Å². The van der Waals surface area contributed by atoms with Crippen molar-refractivity contribution in [2.24, 2.45) is 7.05 Å². The molecule has 0 saturated carbocycles. The second kappa shape index (κ2) is 7.55. The highest BCUT2D eigenvalue weighted by molar-refractivity contribution is 6.00. The lowest BCUT2D eigenvalue weighted by Gasteiger charge is -2.19. The van der Waals surface area contributed by atoms with Crippen molar-refractivity contribution in [2.75, 3.05) is 0 Å². The molecule has 1 heterocycles. The number of para-hydroxylation sites is 1. The second-order valence-corrected chi connectivity index (χ2v) is 7.75. The van der Waals surface area contributed by atoms with E-state index in [1.165, 1.54) is 0 Å². The van der Waals surface area contributed by atoms with Crippen LogP contribution < -0.4 is 5.43 Å². The molecule has 146 valence electrons. The van der Waals surface area contributed by atoms with E-state index in [4.69, 9.17) is 0 Å². The molecule has 2 N–H and O–H groups in total. The minimum atomic E-state index is -0.210. The first kappa shape index (κ1) is 19.7. The molecule has 0 spiro atoms. The summed E-state index contributed by atoms with van der Waals surface area (Å²) >= 11 is 0. The molecule has 0 aliphatic carbocycles. The Labute approximate surface area is 165 Å². The Morgan fingerprint density at radius 1 is 0.929 bits per heavy atom. The predicted molar refractivity (Wildman–Crippen MR) is 116 cm³/mol. The Morgan fingerprint density at radius 2 is 1.50 bits per heavy atom. The number of benzene rings is 2. The van der Waals surface area contributed by atoms with Gasteiger partial charge in [-0.2, -0.15) is 0 Å². The van der Waals surface area contributed by atoms with Gasteiger partial charge in [0.05, 0.1) is 16.4 Å². The molecule has 0 radical (unpaired) electrons. The van der Waals surface area contributed by atoms with Crippen molar-refractivity contribution in [2.45, 2.75) is 40.5 Å². The molecule has 3 rings (SSSR count). The zero-order chi connectivity index (χ0) is 20.6. The summed E-state index contributed by atoms with van der Waals surface area (Å²) in [6.07, 6.45) is 4.82. The summed E-state index contributed by atoms with van der Waals surface area (Å²) in [6.45, 7) is 7.92. The third-order valence-electron chi connectivity index (χ3n) is 5.12. The number of hydrogen-bond donors (Lipinski definition) is 2. The zero-order valence-corrected chi connectivity index (χ0v) is 17.1. The maximum absolute atomic E-state index is 13.3. The minimum Gasteiger partial charge on any atom is -0.507 e. The molecule has 0 aliphatic rings. The van der Waals surface area contributed by atoms with E-state index in [1.807, 2.05) is 69.7 Å². The van der Waals surface area contributed by atoms with Crippen LogP contribution >= 0.6 is 0 Å². The molecule has 0 fully saturated rings. The summed E-state index contributed by atoms with van der Waals surface area (Å²) in [4.78, 5) is 13.3. The average Bonchev–Trinajstić information content (AvgIpc) is 2.64. The van der Waals surface area contributed by atoms with Gasteiger partial charge in [-0.15, -0.1) is 0 Å². The number of nitrogens with zero attached hydrogens (tertiary/aromatic N) is 1. The van der Waals surface area contributed by atoms with Crippen LogP contribution in [0.15, 0.2) is 52.4 Å². The largest absolute Gasteiger partial charge is 0.507 e. The van der Waals surface area contributed by atoms with Gasteiger partial charge in [0.2, 0.25) is 5.43 Å². The fourth-order valence-electron chi connectivity index (χ4n) is 3.62. The quantitative estimate of drug-likeness (QED) is 0.490. The number of aromatic hydroxyl groups is 2. The van der Waals surface area contributed by atoms with Gasteiger partial charge in [0, 0.05) is 23.6 Å². The minimum absolute atomic E-state index is 0.0604. The molecule has 0 atom stereocenters. The Hall–Kier alpha value is -3.01.